The smallest absolute Gasteiger partial charge is 0.122 e. The van der Waals surface area contributed by atoms with Gasteiger partial charge in [0, 0.05) is 6.42 Å². The molecule has 0 heterocycles. The SMILES string of the molecule is C=CC.CC(O)CC=O. The average molecular weight is 130 g/mol. The molecular weight excluding hydrogens is 116 g/mol. The van der Waals surface area contributed by atoms with Gasteiger partial charge in [0.05, 0.1) is 6.10 Å². The molecule has 0 saturated heterocycles. The molecule has 1 unspecified atom stereocenters. The van der Waals surface area contributed by atoms with Crippen molar-refractivity contribution in [2.75, 3.05) is 0 Å². The maximum absolute atomic E-state index is 9.46. The molecule has 0 rings (SSSR count). The molecule has 2 nitrogen and oxygen atoms in total. The lowest BCUT2D eigenvalue weighted by Crippen LogP contribution is -1.97. The first-order valence-electron chi connectivity index (χ1n) is 2.87. The van der Waals surface area contributed by atoms with Gasteiger partial charge in [-0.25, -0.2) is 0 Å². The second-order valence-electron chi connectivity index (χ2n) is 1.66. The Hall–Kier alpha value is -0.630. The van der Waals surface area contributed by atoms with Crippen LogP contribution in [-0.4, -0.2) is 17.5 Å². The molecule has 9 heavy (non-hydrogen) atoms. The van der Waals surface area contributed by atoms with E-state index < -0.39 is 6.10 Å². The molecule has 0 spiro atoms. The van der Waals surface area contributed by atoms with E-state index in [0.717, 1.165) is 0 Å². The minimum absolute atomic E-state index is 0.250. The van der Waals surface area contributed by atoms with Crippen molar-refractivity contribution in [2.24, 2.45) is 0 Å². The van der Waals surface area contributed by atoms with Crippen LogP contribution in [0, 0.1) is 0 Å². The zero-order valence-corrected chi connectivity index (χ0v) is 6.00. The van der Waals surface area contributed by atoms with Gasteiger partial charge in [-0.1, -0.05) is 6.08 Å². The van der Waals surface area contributed by atoms with Gasteiger partial charge in [0.25, 0.3) is 0 Å². The van der Waals surface area contributed by atoms with Crippen molar-refractivity contribution in [1.82, 2.24) is 0 Å². The van der Waals surface area contributed by atoms with E-state index in [1.807, 2.05) is 6.92 Å². The fourth-order valence-electron chi connectivity index (χ4n) is 0.139. The van der Waals surface area contributed by atoms with E-state index in [9.17, 15) is 4.79 Å². The zero-order valence-electron chi connectivity index (χ0n) is 6.00. The minimum atomic E-state index is -0.470. The second-order valence-corrected chi connectivity index (χ2v) is 1.66. The third-order valence-corrected chi connectivity index (χ3v) is 0.437. The summed E-state index contributed by atoms with van der Waals surface area (Å²) in [6.07, 6.45) is 2.23. The molecule has 0 radical (unpaired) electrons. The number of hydrogen-bond donors (Lipinski definition) is 1. The Labute approximate surface area is 56.2 Å². The molecule has 0 aromatic carbocycles. The van der Waals surface area contributed by atoms with E-state index in [1.54, 1.807) is 13.0 Å². The fraction of sp³-hybridized carbons (Fsp3) is 0.571. The van der Waals surface area contributed by atoms with Gasteiger partial charge >= 0.3 is 0 Å². The first-order valence-corrected chi connectivity index (χ1v) is 2.87. The molecule has 0 saturated carbocycles. The lowest BCUT2D eigenvalue weighted by Gasteiger charge is -1.89. The first kappa shape index (κ1) is 11.2. The van der Waals surface area contributed by atoms with E-state index in [-0.39, 0.29) is 6.42 Å². The maximum atomic E-state index is 9.46. The molecule has 1 N–H and O–H groups in total. The van der Waals surface area contributed by atoms with Crippen LogP contribution >= 0.6 is 0 Å². The van der Waals surface area contributed by atoms with Crippen LogP contribution in [-0.2, 0) is 4.79 Å². The van der Waals surface area contributed by atoms with Crippen LogP contribution in [0.1, 0.15) is 20.3 Å². The first-order chi connectivity index (χ1) is 4.18. The number of rotatable bonds is 2. The topological polar surface area (TPSA) is 37.3 Å². The van der Waals surface area contributed by atoms with Gasteiger partial charge in [-0.2, -0.15) is 0 Å². The van der Waals surface area contributed by atoms with Gasteiger partial charge in [0.15, 0.2) is 0 Å². The van der Waals surface area contributed by atoms with Crippen molar-refractivity contribution in [1.29, 1.82) is 0 Å². The predicted molar refractivity (Wildman–Crippen MR) is 38.2 cm³/mol. The summed E-state index contributed by atoms with van der Waals surface area (Å²) in [5, 5.41) is 8.32. The summed E-state index contributed by atoms with van der Waals surface area (Å²) in [5.74, 6) is 0. The Morgan fingerprint density at radius 2 is 2.11 bits per heavy atom. The number of allylic oxidation sites excluding steroid dienone is 1. The maximum Gasteiger partial charge on any atom is 0.122 e. The highest BCUT2D eigenvalue weighted by atomic mass is 16.3. The summed E-state index contributed by atoms with van der Waals surface area (Å²) >= 11 is 0. The number of carbonyl (C=O) groups is 1. The van der Waals surface area contributed by atoms with Gasteiger partial charge < -0.3 is 9.90 Å². The molecule has 0 aliphatic carbocycles. The van der Waals surface area contributed by atoms with Crippen molar-refractivity contribution in [3.8, 4) is 0 Å². The molecule has 0 bridgehead atoms. The molecule has 0 aromatic heterocycles. The summed E-state index contributed by atoms with van der Waals surface area (Å²) in [7, 11) is 0. The Bertz CT molecular complexity index is 67.3. The second kappa shape index (κ2) is 10.4. The Morgan fingerprint density at radius 1 is 1.78 bits per heavy atom. The molecular formula is C7H14O2. The molecule has 0 fully saturated rings. The standard InChI is InChI=1S/C4H8O2.C3H6/c1-4(6)2-3-5;1-3-2/h3-4,6H,2H2,1H3;3H,1H2,2H3. The van der Waals surface area contributed by atoms with Crippen LogP contribution < -0.4 is 0 Å². The van der Waals surface area contributed by atoms with Crippen LogP contribution in [0.5, 0.6) is 0 Å². The summed E-state index contributed by atoms with van der Waals surface area (Å²) in [5.41, 5.74) is 0. The van der Waals surface area contributed by atoms with E-state index in [4.69, 9.17) is 5.11 Å². The van der Waals surface area contributed by atoms with Crippen molar-refractivity contribution in [2.45, 2.75) is 26.4 Å². The fourth-order valence-corrected chi connectivity index (χ4v) is 0.139. The highest BCUT2D eigenvalue weighted by Gasteiger charge is 1.87. The molecule has 1 atom stereocenters. The van der Waals surface area contributed by atoms with Crippen LogP contribution in [0.2, 0.25) is 0 Å². The number of carbonyl (C=O) groups excluding carboxylic acids is 1. The van der Waals surface area contributed by atoms with Crippen LogP contribution in [0.3, 0.4) is 0 Å². The van der Waals surface area contributed by atoms with Crippen molar-refractivity contribution < 1.29 is 9.90 Å². The molecule has 0 aromatic rings. The Balaban J connectivity index is 0. The van der Waals surface area contributed by atoms with E-state index in [1.165, 1.54) is 0 Å². The molecule has 54 valence electrons. The number of hydrogen-bond acceptors (Lipinski definition) is 2. The normalized spacial score (nSPS) is 10.6. The molecule has 0 aliphatic rings. The summed E-state index contributed by atoms with van der Waals surface area (Å²) in [6, 6.07) is 0. The molecule has 2 heteroatoms. The van der Waals surface area contributed by atoms with Gasteiger partial charge in [0.1, 0.15) is 6.29 Å². The van der Waals surface area contributed by atoms with Crippen LogP contribution in [0.15, 0.2) is 12.7 Å². The van der Waals surface area contributed by atoms with E-state index in [0.29, 0.717) is 6.29 Å². The van der Waals surface area contributed by atoms with Gasteiger partial charge in [-0.15, -0.1) is 6.58 Å². The van der Waals surface area contributed by atoms with Gasteiger partial charge in [-0.05, 0) is 13.8 Å². The Kier molecular flexibility index (Phi) is 12.9. The quantitative estimate of drug-likeness (QED) is 0.449. The minimum Gasteiger partial charge on any atom is -0.393 e. The largest absolute Gasteiger partial charge is 0.393 e. The molecule has 0 aliphatic heterocycles. The summed E-state index contributed by atoms with van der Waals surface area (Å²) < 4.78 is 0. The lowest BCUT2D eigenvalue weighted by atomic mass is 10.3. The highest BCUT2D eigenvalue weighted by Crippen LogP contribution is 1.80. The number of aliphatic hydroxyl groups excluding tert-OH is 1. The van der Waals surface area contributed by atoms with E-state index >= 15 is 0 Å². The average Bonchev–Trinajstić information content (AvgIpc) is 1.67. The summed E-state index contributed by atoms with van der Waals surface area (Å²) in [4.78, 5) is 9.46. The lowest BCUT2D eigenvalue weighted by molar-refractivity contribution is -0.109. The van der Waals surface area contributed by atoms with Crippen molar-refractivity contribution in [3.05, 3.63) is 12.7 Å². The molecule has 0 amide bonds. The monoisotopic (exact) mass is 130 g/mol. The Morgan fingerprint density at radius 3 is 2.11 bits per heavy atom. The van der Waals surface area contributed by atoms with Gasteiger partial charge in [0.2, 0.25) is 0 Å². The van der Waals surface area contributed by atoms with Crippen LogP contribution in [0.4, 0.5) is 0 Å². The van der Waals surface area contributed by atoms with Crippen molar-refractivity contribution >= 4 is 6.29 Å². The number of aliphatic hydroxyl groups is 1. The highest BCUT2D eigenvalue weighted by molar-refractivity contribution is 5.49. The van der Waals surface area contributed by atoms with E-state index in [2.05, 4.69) is 6.58 Å². The predicted octanol–water partition coefficient (Wildman–Crippen LogP) is 1.15. The third-order valence-electron chi connectivity index (χ3n) is 0.437. The zero-order chi connectivity index (χ0) is 7.70. The number of aldehydes is 1. The summed E-state index contributed by atoms with van der Waals surface area (Å²) in [6.45, 7) is 6.83. The third kappa shape index (κ3) is 37.8. The van der Waals surface area contributed by atoms with Crippen molar-refractivity contribution in [3.63, 3.8) is 0 Å². The van der Waals surface area contributed by atoms with Crippen LogP contribution in [0.25, 0.3) is 0 Å². The van der Waals surface area contributed by atoms with Gasteiger partial charge in [-0.3, -0.25) is 0 Å².